The molecule has 0 amide bonds. The van der Waals surface area contributed by atoms with Crippen LogP contribution < -0.4 is 4.90 Å². The Kier molecular flexibility index (Phi) is 6.32. The lowest BCUT2D eigenvalue weighted by Crippen LogP contribution is -2.33. The van der Waals surface area contributed by atoms with Crippen LogP contribution in [0, 0.1) is 11.8 Å². The molecule has 0 radical (unpaired) electrons. The van der Waals surface area contributed by atoms with Gasteiger partial charge in [0.1, 0.15) is 5.69 Å². The molecule has 5 rings (SSSR count). The van der Waals surface area contributed by atoms with E-state index >= 15 is 0 Å². The third-order valence-corrected chi connectivity index (χ3v) is 6.77. The largest absolute Gasteiger partial charge is 0.342 e. The third kappa shape index (κ3) is 4.89. The number of fused-ring (bicyclic) bond motifs is 1. The summed E-state index contributed by atoms with van der Waals surface area (Å²) in [5.41, 5.74) is 6.98. The lowest BCUT2D eigenvalue weighted by atomic mass is 9.95. The third-order valence-electron chi connectivity index (χ3n) is 6.47. The van der Waals surface area contributed by atoms with Gasteiger partial charge in [-0.2, -0.15) is 0 Å². The first-order chi connectivity index (χ1) is 16.2. The summed E-state index contributed by atoms with van der Waals surface area (Å²) in [7, 11) is 2.15. The van der Waals surface area contributed by atoms with Gasteiger partial charge in [-0.15, -0.1) is 11.6 Å². The standard InChI is InChI=1S/C28H27ClN4/c1-33(25-5-3-2-4-6-25)28-31-26-16-10-20(17-27(26)32-28)9-14-24-15-13-23(19-30-24)22-11-7-21(18-29)8-12-22/h7-8,10-13,15-17,19,25H,2-6,18H2,1H3,(H,31,32). The maximum atomic E-state index is 5.88. The van der Waals surface area contributed by atoms with Crippen LogP contribution in [0.2, 0.25) is 0 Å². The molecule has 5 heteroatoms. The minimum atomic E-state index is 0.524. The lowest BCUT2D eigenvalue weighted by Gasteiger charge is -2.30. The summed E-state index contributed by atoms with van der Waals surface area (Å²) in [4.78, 5) is 15.1. The molecule has 1 N–H and O–H groups in total. The molecule has 166 valence electrons. The Balaban J connectivity index is 1.31. The first-order valence-electron chi connectivity index (χ1n) is 11.6. The van der Waals surface area contributed by atoms with Crippen molar-refractivity contribution in [2.24, 2.45) is 0 Å². The second-order valence-corrected chi connectivity index (χ2v) is 8.98. The van der Waals surface area contributed by atoms with E-state index in [9.17, 15) is 0 Å². The monoisotopic (exact) mass is 454 g/mol. The highest BCUT2D eigenvalue weighted by Crippen LogP contribution is 2.26. The molecule has 1 aliphatic carbocycles. The first-order valence-corrected chi connectivity index (χ1v) is 12.1. The van der Waals surface area contributed by atoms with E-state index in [1.807, 2.05) is 36.5 Å². The van der Waals surface area contributed by atoms with E-state index < -0.39 is 0 Å². The molecule has 33 heavy (non-hydrogen) atoms. The predicted molar refractivity (Wildman–Crippen MR) is 137 cm³/mol. The maximum Gasteiger partial charge on any atom is 0.203 e. The van der Waals surface area contributed by atoms with Crippen molar-refractivity contribution in [3.8, 4) is 23.0 Å². The average molecular weight is 455 g/mol. The van der Waals surface area contributed by atoms with Crippen molar-refractivity contribution in [1.82, 2.24) is 15.0 Å². The Hall–Kier alpha value is -3.29. The van der Waals surface area contributed by atoms with Crippen molar-refractivity contribution >= 4 is 28.6 Å². The molecular formula is C28H27ClN4. The van der Waals surface area contributed by atoms with Crippen LogP contribution in [-0.2, 0) is 5.88 Å². The molecule has 4 aromatic rings. The van der Waals surface area contributed by atoms with Crippen LogP contribution in [0.5, 0.6) is 0 Å². The summed E-state index contributed by atoms with van der Waals surface area (Å²) >= 11 is 5.88. The number of anilines is 1. The maximum absolute atomic E-state index is 5.88. The van der Waals surface area contributed by atoms with Crippen molar-refractivity contribution in [3.63, 3.8) is 0 Å². The number of nitrogens with zero attached hydrogens (tertiary/aromatic N) is 3. The van der Waals surface area contributed by atoms with Gasteiger partial charge in [-0.05, 0) is 54.2 Å². The van der Waals surface area contributed by atoms with Gasteiger partial charge in [0.2, 0.25) is 5.95 Å². The molecule has 0 unspecified atom stereocenters. The Labute approximate surface area is 200 Å². The Bertz CT molecular complexity index is 1290. The van der Waals surface area contributed by atoms with Gasteiger partial charge < -0.3 is 9.88 Å². The van der Waals surface area contributed by atoms with Crippen LogP contribution >= 0.6 is 11.6 Å². The van der Waals surface area contributed by atoms with Crippen molar-refractivity contribution in [1.29, 1.82) is 0 Å². The van der Waals surface area contributed by atoms with Crippen LogP contribution in [0.1, 0.15) is 48.9 Å². The zero-order valence-corrected chi connectivity index (χ0v) is 19.6. The minimum absolute atomic E-state index is 0.524. The number of halogens is 1. The van der Waals surface area contributed by atoms with Crippen LogP contribution in [-0.4, -0.2) is 28.0 Å². The summed E-state index contributed by atoms with van der Waals surface area (Å²) < 4.78 is 0. The number of pyridine rings is 1. The zero-order chi connectivity index (χ0) is 22.6. The van der Waals surface area contributed by atoms with Crippen LogP contribution in [0.4, 0.5) is 5.95 Å². The molecule has 4 nitrogen and oxygen atoms in total. The Morgan fingerprint density at radius 2 is 1.76 bits per heavy atom. The predicted octanol–water partition coefficient (Wildman–Crippen LogP) is 6.53. The van der Waals surface area contributed by atoms with Gasteiger partial charge in [0.25, 0.3) is 0 Å². The normalized spacial score (nSPS) is 14.1. The van der Waals surface area contributed by atoms with Crippen molar-refractivity contribution in [2.75, 3.05) is 11.9 Å². The number of nitrogens with one attached hydrogen (secondary N) is 1. The summed E-state index contributed by atoms with van der Waals surface area (Å²) in [6.45, 7) is 0. The molecule has 0 spiro atoms. The van der Waals surface area contributed by atoms with E-state index in [0.29, 0.717) is 11.9 Å². The smallest absolute Gasteiger partial charge is 0.203 e. The first kappa shape index (κ1) is 21.6. The number of H-pyrrole nitrogens is 1. The summed E-state index contributed by atoms with van der Waals surface area (Å²) in [6, 6.07) is 18.9. The number of rotatable bonds is 4. The highest BCUT2D eigenvalue weighted by Gasteiger charge is 2.20. The summed E-state index contributed by atoms with van der Waals surface area (Å²) in [5.74, 6) is 7.89. The molecule has 0 saturated heterocycles. The average Bonchev–Trinajstić information content (AvgIpc) is 3.31. The van der Waals surface area contributed by atoms with Gasteiger partial charge >= 0.3 is 0 Å². The molecule has 1 saturated carbocycles. The second-order valence-electron chi connectivity index (χ2n) is 8.71. The van der Waals surface area contributed by atoms with Gasteiger partial charge in [-0.3, -0.25) is 0 Å². The van der Waals surface area contributed by atoms with Gasteiger partial charge in [0.15, 0.2) is 0 Å². The molecular weight excluding hydrogens is 428 g/mol. The van der Waals surface area contributed by atoms with Gasteiger partial charge in [0.05, 0.1) is 11.0 Å². The van der Waals surface area contributed by atoms with E-state index in [-0.39, 0.29) is 0 Å². The molecule has 1 aliphatic rings. The molecule has 2 aromatic heterocycles. The lowest BCUT2D eigenvalue weighted by molar-refractivity contribution is 0.425. The van der Waals surface area contributed by atoms with Gasteiger partial charge in [0, 0.05) is 36.3 Å². The minimum Gasteiger partial charge on any atom is -0.342 e. The van der Waals surface area contributed by atoms with Crippen molar-refractivity contribution in [2.45, 2.75) is 44.0 Å². The van der Waals surface area contributed by atoms with Crippen molar-refractivity contribution < 1.29 is 0 Å². The quantitative estimate of drug-likeness (QED) is 0.281. The number of hydrogen-bond acceptors (Lipinski definition) is 3. The van der Waals surface area contributed by atoms with Crippen molar-refractivity contribution in [3.05, 3.63) is 77.6 Å². The molecule has 2 heterocycles. The molecule has 0 aliphatic heterocycles. The number of aromatic amines is 1. The van der Waals surface area contributed by atoms with E-state index in [1.54, 1.807) is 0 Å². The Morgan fingerprint density at radius 3 is 2.48 bits per heavy atom. The summed E-state index contributed by atoms with van der Waals surface area (Å²) in [6.07, 6.45) is 8.33. The van der Waals surface area contributed by atoms with Crippen LogP contribution in [0.3, 0.4) is 0 Å². The van der Waals surface area contributed by atoms with E-state index in [2.05, 4.69) is 58.0 Å². The fourth-order valence-electron chi connectivity index (χ4n) is 4.44. The highest BCUT2D eigenvalue weighted by molar-refractivity contribution is 6.17. The highest BCUT2D eigenvalue weighted by atomic mass is 35.5. The van der Waals surface area contributed by atoms with E-state index in [4.69, 9.17) is 16.6 Å². The SMILES string of the molecule is CN(c1nc2ccc(C#Cc3ccc(-c4ccc(CCl)cc4)cn3)cc2[nH]1)C1CCCCC1. The number of hydrogen-bond donors (Lipinski definition) is 1. The molecule has 0 atom stereocenters. The molecule has 2 aromatic carbocycles. The second kappa shape index (κ2) is 9.68. The van der Waals surface area contributed by atoms with Gasteiger partial charge in [-0.1, -0.05) is 55.5 Å². The fourth-order valence-corrected chi connectivity index (χ4v) is 4.62. The number of alkyl halides is 1. The van der Waals surface area contributed by atoms with E-state index in [1.165, 1.54) is 32.1 Å². The number of aromatic nitrogens is 3. The van der Waals surface area contributed by atoms with Crippen LogP contribution in [0.25, 0.3) is 22.2 Å². The Morgan fingerprint density at radius 1 is 0.970 bits per heavy atom. The number of benzene rings is 2. The van der Waals surface area contributed by atoms with Gasteiger partial charge in [-0.25, -0.2) is 9.97 Å². The van der Waals surface area contributed by atoms with E-state index in [0.717, 1.165) is 44.9 Å². The molecule has 1 fully saturated rings. The topological polar surface area (TPSA) is 44.8 Å². The zero-order valence-electron chi connectivity index (χ0n) is 18.8. The fraction of sp³-hybridized carbons (Fsp3) is 0.286. The number of imidazole rings is 1. The summed E-state index contributed by atoms with van der Waals surface area (Å²) in [5, 5.41) is 0. The van der Waals surface area contributed by atoms with Crippen LogP contribution in [0.15, 0.2) is 60.8 Å². The molecule has 0 bridgehead atoms.